The molecule has 1 N–H and O–H groups in total. The van der Waals surface area contributed by atoms with E-state index in [9.17, 15) is 4.39 Å². The van der Waals surface area contributed by atoms with E-state index in [0.29, 0.717) is 16.7 Å². The summed E-state index contributed by atoms with van der Waals surface area (Å²) in [5.41, 5.74) is 0.712. The number of benzene rings is 1. The Bertz CT molecular complexity index is 497. The zero-order valence-electron chi connectivity index (χ0n) is 8.61. The molecule has 2 aromatic rings. The third-order valence-corrected chi connectivity index (χ3v) is 2.82. The van der Waals surface area contributed by atoms with E-state index >= 15 is 0 Å². The lowest BCUT2D eigenvalue weighted by Gasteiger charge is -2.06. The van der Waals surface area contributed by atoms with Crippen molar-refractivity contribution in [2.45, 2.75) is 6.54 Å². The average Bonchev–Trinajstić information content (AvgIpc) is 2.66. The topological polar surface area (TPSA) is 42.7 Å². The van der Waals surface area contributed by atoms with Crippen molar-refractivity contribution in [3.8, 4) is 0 Å². The summed E-state index contributed by atoms with van der Waals surface area (Å²) < 4.78 is 15.5. The van der Waals surface area contributed by atoms with Crippen LogP contribution in [0.2, 0.25) is 0 Å². The molecule has 0 unspecified atom stereocenters. The number of rotatable bonds is 3. The SMILES string of the molecule is Cn1cnnc1CNc1ccc(Br)c(F)c1. The fraction of sp³-hybridized carbons (Fsp3) is 0.200. The minimum atomic E-state index is -0.289. The van der Waals surface area contributed by atoms with Crippen LogP contribution in [0.3, 0.4) is 0 Å². The number of aromatic nitrogens is 3. The minimum Gasteiger partial charge on any atom is -0.378 e. The van der Waals surface area contributed by atoms with Crippen LogP contribution in [0.4, 0.5) is 10.1 Å². The highest BCUT2D eigenvalue weighted by molar-refractivity contribution is 9.10. The molecule has 0 aliphatic heterocycles. The first-order valence-corrected chi connectivity index (χ1v) is 5.48. The van der Waals surface area contributed by atoms with Gasteiger partial charge in [0.1, 0.15) is 12.1 Å². The van der Waals surface area contributed by atoms with Gasteiger partial charge in [0.2, 0.25) is 0 Å². The predicted octanol–water partition coefficient (Wildman–Crippen LogP) is 2.33. The fourth-order valence-electron chi connectivity index (χ4n) is 1.25. The summed E-state index contributed by atoms with van der Waals surface area (Å²) in [4.78, 5) is 0. The Morgan fingerprint density at radius 1 is 1.50 bits per heavy atom. The second-order valence-electron chi connectivity index (χ2n) is 3.34. The molecule has 0 atom stereocenters. The molecule has 0 saturated heterocycles. The van der Waals surface area contributed by atoms with Crippen molar-refractivity contribution in [2.75, 3.05) is 5.32 Å². The van der Waals surface area contributed by atoms with E-state index in [0.717, 1.165) is 5.82 Å². The van der Waals surface area contributed by atoms with Crippen LogP contribution >= 0.6 is 15.9 Å². The van der Waals surface area contributed by atoms with E-state index < -0.39 is 0 Å². The molecule has 1 aromatic heterocycles. The predicted molar refractivity (Wildman–Crippen MR) is 62.4 cm³/mol. The van der Waals surface area contributed by atoms with Crippen LogP contribution in [-0.4, -0.2) is 14.8 Å². The summed E-state index contributed by atoms with van der Waals surface area (Å²) in [5, 5.41) is 10.7. The molecule has 0 saturated carbocycles. The van der Waals surface area contributed by atoms with Gasteiger partial charge in [0.25, 0.3) is 0 Å². The third-order valence-electron chi connectivity index (χ3n) is 2.18. The van der Waals surface area contributed by atoms with E-state index in [1.165, 1.54) is 6.07 Å². The highest BCUT2D eigenvalue weighted by atomic mass is 79.9. The van der Waals surface area contributed by atoms with Crippen molar-refractivity contribution >= 4 is 21.6 Å². The van der Waals surface area contributed by atoms with Gasteiger partial charge < -0.3 is 9.88 Å². The van der Waals surface area contributed by atoms with E-state index in [2.05, 4.69) is 31.4 Å². The van der Waals surface area contributed by atoms with Gasteiger partial charge in [-0.15, -0.1) is 10.2 Å². The van der Waals surface area contributed by atoms with E-state index in [-0.39, 0.29) is 5.82 Å². The lowest BCUT2D eigenvalue weighted by molar-refractivity contribution is 0.621. The number of halogens is 2. The maximum absolute atomic E-state index is 13.2. The Morgan fingerprint density at radius 3 is 2.94 bits per heavy atom. The lowest BCUT2D eigenvalue weighted by Crippen LogP contribution is -2.05. The van der Waals surface area contributed by atoms with E-state index in [4.69, 9.17) is 0 Å². The van der Waals surface area contributed by atoms with Crippen LogP contribution in [0.15, 0.2) is 29.0 Å². The highest BCUT2D eigenvalue weighted by Gasteiger charge is 2.02. The van der Waals surface area contributed by atoms with Gasteiger partial charge in [-0.2, -0.15) is 0 Å². The first kappa shape index (κ1) is 11.1. The second-order valence-corrected chi connectivity index (χ2v) is 4.19. The number of nitrogens with one attached hydrogen (secondary N) is 1. The van der Waals surface area contributed by atoms with Crippen LogP contribution in [0.5, 0.6) is 0 Å². The maximum Gasteiger partial charge on any atom is 0.151 e. The molecule has 6 heteroatoms. The van der Waals surface area contributed by atoms with Crippen molar-refractivity contribution in [3.05, 3.63) is 40.6 Å². The Kier molecular flexibility index (Phi) is 3.19. The standard InChI is InChI=1S/C10H10BrFN4/c1-16-6-14-15-10(16)5-13-7-2-3-8(11)9(12)4-7/h2-4,6,13H,5H2,1H3. The van der Waals surface area contributed by atoms with Crippen molar-refractivity contribution < 1.29 is 4.39 Å². The summed E-state index contributed by atoms with van der Waals surface area (Å²) in [6.45, 7) is 0.511. The van der Waals surface area contributed by atoms with Crippen LogP contribution in [-0.2, 0) is 13.6 Å². The molecular weight excluding hydrogens is 275 g/mol. The van der Waals surface area contributed by atoms with Gasteiger partial charge in [-0.1, -0.05) is 0 Å². The van der Waals surface area contributed by atoms with E-state index in [1.54, 1.807) is 18.5 Å². The maximum atomic E-state index is 13.2. The summed E-state index contributed by atoms with van der Waals surface area (Å²) >= 11 is 3.10. The molecule has 0 aliphatic carbocycles. The largest absolute Gasteiger partial charge is 0.378 e. The molecule has 4 nitrogen and oxygen atoms in total. The molecule has 0 amide bonds. The summed E-state index contributed by atoms with van der Waals surface area (Å²) in [5.74, 6) is 0.506. The van der Waals surface area contributed by atoms with Crippen molar-refractivity contribution in [1.82, 2.24) is 14.8 Å². The Labute approximate surface area is 101 Å². The Hall–Kier alpha value is -1.43. The van der Waals surface area contributed by atoms with Crippen LogP contribution < -0.4 is 5.32 Å². The fourth-order valence-corrected chi connectivity index (χ4v) is 1.50. The van der Waals surface area contributed by atoms with Gasteiger partial charge in [0.05, 0.1) is 11.0 Å². The number of nitrogens with zero attached hydrogens (tertiary/aromatic N) is 3. The lowest BCUT2D eigenvalue weighted by atomic mass is 10.3. The highest BCUT2D eigenvalue weighted by Crippen LogP contribution is 2.19. The van der Waals surface area contributed by atoms with Gasteiger partial charge >= 0.3 is 0 Å². The molecule has 16 heavy (non-hydrogen) atoms. The number of hydrogen-bond donors (Lipinski definition) is 1. The smallest absolute Gasteiger partial charge is 0.151 e. The normalized spacial score (nSPS) is 10.4. The van der Waals surface area contributed by atoms with Crippen molar-refractivity contribution in [2.24, 2.45) is 7.05 Å². The van der Waals surface area contributed by atoms with Crippen LogP contribution in [0, 0.1) is 5.82 Å². The quantitative estimate of drug-likeness (QED) is 0.941. The summed E-state index contributed by atoms with van der Waals surface area (Å²) in [7, 11) is 1.86. The second kappa shape index (κ2) is 4.61. The first-order chi connectivity index (χ1) is 7.66. The van der Waals surface area contributed by atoms with Crippen LogP contribution in [0.1, 0.15) is 5.82 Å². The molecule has 0 spiro atoms. The summed E-state index contributed by atoms with van der Waals surface area (Å²) in [6.07, 6.45) is 1.62. The zero-order valence-corrected chi connectivity index (χ0v) is 10.2. The monoisotopic (exact) mass is 284 g/mol. The molecule has 1 aromatic carbocycles. The third kappa shape index (κ3) is 2.38. The molecule has 84 valence electrons. The number of hydrogen-bond acceptors (Lipinski definition) is 3. The number of anilines is 1. The van der Waals surface area contributed by atoms with Gasteiger partial charge in [-0.25, -0.2) is 4.39 Å². The van der Waals surface area contributed by atoms with Gasteiger partial charge in [-0.05, 0) is 34.1 Å². The molecule has 0 aliphatic rings. The zero-order chi connectivity index (χ0) is 11.5. The van der Waals surface area contributed by atoms with Gasteiger partial charge in [0.15, 0.2) is 5.82 Å². The first-order valence-electron chi connectivity index (χ1n) is 4.68. The molecule has 2 rings (SSSR count). The van der Waals surface area contributed by atoms with Gasteiger partial charge in [0, 0.05) is 12.7 Å². The Balaban J connectivity index is 2.05. The Morgan fingerprint density at radius 2 is 2.31 bits per heavy atom. The number of aryl methyl sites for hydroxylation is 1. The van der Waals surface area contributed by atoms with E-state index in [1.807, 2.05) is 11.6 Å². The molecule has 0 radical (unpaired) electrons. The molecule has 0 bridgehead atoms. The van der Waals surface area contributed by atoms with Crippen LogP contribution in [0.25, 0.3) is 0 Å². The molecule has 1 heterocycles. The van der Waals surface area contributed by atoms with Gasteiger partial charge in [-0.3, -0.25) is 0 Å². The summed E-state index contributed by atoms with van der Waals surface area (Å²) in [6, 6.07) is 4.89. The molecular formula is C10H10BrFN4. The average molecular weight is 285 g/mol. The van der Waals surface area contributed by atoms with Crippen molar-refractivity contribution in [3.63, 3.8) is 0 Å². The van der Waals surface area contributed by atoms with Crippen molar-refractivity contribution in [1.29, 1.82) is 0 Å². The molecule has 0 fully saturated rings. The minimum absolute atomic E-state index is 0.289.